The average molecular weight is 358 g/mol. The molecule has 4 rings (SSSR count). The molecular formula is C23H18O4. The van der Waals surface area contributed by atoms with Crippen LogP contribution in [0.2, 0.25) is 0 Å². The van der Waals surface area contributed by atoms with Crippen LogP contribution in [0.4, 0.5) is 0 Å². The molecule has 0 saturated carbocycles. The van der Waals surface area contributed by atoms with E-state index in [1.54, 1.807) is 13.2 Å². The maximum Gasteiger partial charge on any atom is 0.196 e. The van der Waals surface area contributed by atoms with Gasteiger partial charge < -0.3 is 14.6 Å². The Morgan fingerprint density at radius 3 is 2.44 bits per heavy atom. The molecule has 4 nitrogen and oxygen atoms in total. The number of aromatic hydroxyl groups is 1. The van der Waals surface area contributed by atoms with Crippen LogP contribution >= 0.6 is 0 Å². The van der Waals surface area contributed by atoms with Crippen LogP contribution in [0.15, 0.2) is 78.4 Å². The number of phenolic OH excluding ortho intramolecular Hbond substituents is 1. The summed E-state index contributed by atoms with van der Waals surface area (Å²) in [5.41, 5.74) is 2.64. The molecule has 0 aliphatic carbocycles. The lowest BCUT2D eigenvalue weighted by atomic mass is 9.89. The fourth-order valence-electron chi connectivity index (χ4n) is 3.16. The van der Waals surface area contributed by atoms with Gasteiger partial charge in [0.15, 0.2) is 11.9 Å². The van der Waals surface area contributed by atoms with Gasteiger partial charge in [-0.15, -0.1) is 0 Å². The van der Waals surface area contributed by atoms with Gasteiger partial charge in [0, 0.05) is 5.57 Å². The van der Waals surface area contributed by atoms with Crippen molar-refractivity contribution in [1.29, 1.82) is 0 Å². The Morgan fingerprint density at radius 2 is 1.74 bits per heavy atom. The number of carbonyl (C=O) groups excluding carboxylic acids is 1. The Morgan fingerprint density at radius 1 is 1.00 bits per heavy atom. The summed E-state index contributed by atoms with van der Waals surface area (Å²) < 4.78 is 11.4. The Hall–Kier alpha value is -3.53. The van der Waals surface area contributed by atoms with Gasteiger partial charge in [0.1, 0.15) is 17.2 Å². The quantitative estimate of drug-likeness (QED) is 0.683. The summed E-state index contributed by atoms with van der Waals surface area (Å²) in [5.74, 6) is 1.08. The fraction of sp³-hybridized carbons (Fsp3) is 0.0870. The molecule has 0 bridgehead atoms. The molecule has 1 heterocycles. The van der Waals surface area contributed by atoms with Gasteiger partial charge in [-0.1, -0.05) is 42.5 Å². The molecule has 4 heteroatoms. The first kappa shape index (κ1) is 16.9. The van der Waals surface area contributed by atoms with E-state index in [0.29, 0.717) is 16.9 Å². The smallest absolute Gasteiger partial charge is 0.196 e. The van der Waals surface area contributed by atoms with Gasteiger partial charge in [-0.3, -0.25) is 4.79 Å². The number of carbonyl (C=O) groups is 1. The van der Waals surface area contributed by atoms with E-state index in [9.17, 15) is 9.90 Å². The summed E-state index contributed by atoms with van der Waals surface area (Å²) in [7, 11) is 1.61. The van der Waals surface area contributed by atoms with Crippen molar-refractivity contribution in [2.45, 2.75) is 6.10 Å². The highest BCUT2D eigenvalue weighted by atomic mass is 16.5. The van der Waals surface area contributed by atoms with Crippen molar-refractivity contribution in [2.24, 2.45) is 0 Å². The van der Waals surface area contributed by atoms with Gasteiger partial charge in [-0.05, 0) is 47.5 Å². The van der Waals surface area contributed by atoms with Gasteiger partial charge in [-0.2, -0.15) is 0 Å². The van der Waals surface area contributed by atoms with Crippen LogP contribution in [0.1, 0.15) is 27.6 Å². The molecule has 0 radical (unpaired) electrons. The molecule has 27 heavy (non-hydrogen) atoms. The Balaban J connectivity index is 1.84. The lowest BCUT2D eigenvalue weighted by Crippen LogP contribution is -2.23. The van der Waals surface area contributed by atoms with E-state index in [4.69, 9.17) is 9.47 Å². The number of ketones is 1. The zero-order chi connectivity index (χ0) is 18.8. The summed E-state index contributed by atoms with van der Waals surface area (Å²) in [5, 5.41) is 9.78. The number of Topliss-reactive ketones (excluding diaryl/α,β-unsaturated/α-hetero) is 1. The van der Waals surface area contributed by atoms with Crippen LogP contribution in [-0.4, -0.2) is 18.0 Å². The van der Waals surface area contributed by atoms with Gasteiger partial charge in [0.25, 0.3) is 0 Å². The van der Waals surface area contributed by atoms with E-state index < -0.39 is 6.10 Å². The van der Waals surface area contributed by atoms with Crippen LogP contribution < -0.4 is 9.47 Å². The molecule has 0 saturated heterocycles. The van der Waals surface area contributed by atoms with E-state index in [1.165, 1.54) is 12.1 Å². The first-order chi connectivity index (χ1) is 13.2. The van der Waals surface area contributed by atoms with Crippen molar-refractivity contribution in [3.63, 3.8) is 0 Å². The van der Waals surface area contributed by atoms with Crippen molar-refractivity contribution in [3.05, 3.63) is 95.1 Å². The van der Waals surface area contributed by atoms with Crippen molar-refractivity contribution < 1.29 is 19.4 Å². The second-order valence-electron chi connectivity index (χ2n) is 6.29. The SMILES string of the molecule is COc1ccc(C2Oc3ccc(O)cc3C(=O)C2=Cc2ccccc2)cc1. The monoisotopic (exact) mass is 358 g/mol. The topological polar surface area (TPSA) is 55.8 Å². The molecule has 3 aromatic carbocycles. The minimum Gasteiger partial charge on any atom is -0.508 e. The lowest BCUT2D eigenvalue weighted by Gasteiger charge is -2.28. The molecule has 1 N–H and O–H groups in total. The van der Waals surface area contributed by atoms with Crippen LogP contribution in [0.5, 0.6) is 17.2 Å². The number of rotatable bonds is 3. The Kier molecular flexibility index (Phi) is 4.38. The van der Waals surface area contributed by atoms with Crippen molar-refractivity contribution in [1.82, 2.24) is 0 Å². The minimum absolute atomic E-state index is 0.0349. The number of ether oxygens (including phenoxy) is 2. The van der Waals surface area contributed by atoms with E-state index in [1.807, 2.05) is 60.7 Å². The number of methoxy groups -OCH3 is 1. The second-order valence-corrected chi connectivity index (χ2v) is 6.29. The molecule has 1 aliphatic rings. The van der Waals surface area contributed by atoms with Crippen molar-refractivity contribution >= 4 is 11.9 Å². The van der Waals surface area contributed by atoms with Crippen LogP contribution in [0.25, 0.3) is 6.08 Å². The van der Waals surface area contributed by atoms with Gasteiger partial charge in [0.05, 0.1) is 12.7 Å². The van der Waals surface area contributed by atoms with Crippen LogP contribution in [-0.2, 0) is 0 Å². The van der Waals surface area contributed by atoms with E-state index in [2.05, 4.69) is 0 Å². The maximum atomic E-state index is 13.2. The molecule has 134 valence electrons. The number of fused-ring (bicyclic) bond motifs is 1. The molecule has 0 spiro atoms. The highest BCUT2D eigenvalue weighted by Gasteiger charge is 2.33. The van der Waals surface area contributed by atoms with Gasteiger partial charge in [-0.25, -0.2) is 0 Å². The van der Waals surface area contributed by atoms with Crippen molar-refractivity contribution in [3.8, 4) is 17.2 Å². The van der Waals surface area contributed by atoms with E-state index >= 15 is 0 Å². The number of benzene rings is 3. The number of hydrogen-bond acceptors (Lipinski definition) is 4. The molecular weight excluding hydrogens is 340 g/mol. The first-order valence-corrected chi connectivity index (χ1v) is 8.60. The minimum atomic E-state index is -0.541. The predicted molar refractivity (Wildman–Crippen MR) is 103 cm³/mol. The fourth-order valence-corrected chi connectivity index (χ4v) is 3.16. The summed E-state index contributed by atoms with van der Waals surface area (Å²) in [6, 6.07) is 21.7. The van der Waals surface area contributed by atoms with Crippen LogP contribution in [0, 0.1) is 0 Å². The largest absolute Gasteiger partial charge is 0.508 e. The number of phenols is 1. The first-order valence-electron chi connectivity index (χ1n) is 8.60. The molecule has 1 unspecified atom stereocenters. The highest BCUT2D eigenvalue weighted by Crippen LogP contribution is 2.40. The van der Waals surface area contributed by atoms with Crippen molar-refractivity contribution in [2.75, 3.05) is 7.11 Å². The standard InChI is InChI=1S/C23H18O4/c1-26-18-10-7-16(8-11-18)23-20(13-15-5-3-2-4-6-15)22(25)19-14-17(24)9-12-21(19)27-23/h2-14,23-24H,1H3. The van der Waals surface area contributed by atoms with E-state index in [0.717, 1.165) is 16.9 Å². The molecule has 1 atom stereocenters. The average Bonchev–Trinajstić information content (AvgIpc) is 2.71. The Labute approximate surface area is 157 Å². The normalized spacial score (nSPS) is 17.3. The summed E-state index contributed by atoms with van der Waals surface area (Å²) in [6.07, 6.45) is 1.30. The molecule has 0 amide bonds. The summed E-state index contributed by atoms with van der Waals surface area (Å²) in [6.45, 7) is 0. The molecule has 1 aliphatic heterocycles. The summed E-state index contributed by atoms with van der Waals surface area (Å²) >= 11 is 0. The second kappa shape index (κ2) is 7.00. The molecule has 3 aromatic rings. The third-order valence-electron chi connectivity index (χ3n) is 4.54. The maximum absolute atomic E-state index is 13.2. The third kappa shape index (κ3) is 3.29. The zero-order valence-electron chi connectivity index (χ0n) is 14.8. The summed E-state index contributed by atoms with van der Waals surface area (Å²) in [4.78, 5) is 13.2. The predicted octanol–water partition coefficient (Wildman–Crippen LogP) is 4.80. The lowest BCUT2D eigenvalue weighted by molar-refractivity contribution is 0.0963. The number of hydrogen-bond donors (Lipinski definition) is 1. The third-order valence-corrected chi connectivity index (χ3v) is 4.54. The van der Waals surface area contributed by atoms with Gasteiger partial charge >= 0.3 is 0 Å². The van der Waals surface area contributed by atoms with Gasteiger partial charge in [0.2, 0.25) is 0 Å². The highest BCUT2D eigenvalue weighted by molar-refractivity contribution is 6.14. The molecule has 0 fully saturated rings. The molecule has 0 aromatic heterocycles. The van der Waals surface area contributed by atoms with E-state index in [-0.39, 0.29) is 11.5 Å². The Bertz CT molecular complexity index is 1000. The zero-order valence-corrected chi connectivity index (χ0v) is 14.8. The van der Waals surface area contributed by atoms with Crippen LogP contribution in [0.3, 0.4) is 0 Å².